The normalized spacial score (nSPS) is 10.9. The van der Waals surface area contributed by atoms with Crippen molar-refractivity contribution in [3.8, 4) is 0 Å². The van der Waals surface area contributed by atoms with Crippen LogP contribution in [0.15, 0.2) is 36.4 Å². The molecule has 0 bridgehead atoms. The lowest BCUT2D eigenvalue weighted by Gasteiger charge is -1.94. The average Bonchev–Trinajstić information content (AvgIpc) is 2.25. The maximum atomic E-state index is 2.28. The Morgan fingerprint density at radius 3 is 2.50 bits per heavy atom. The minimum absolute atomic E-state index is 1.22. The van der Waals surface area contributed by atoms with Crippen LogP contribution >= 0.6 is 0 Å². The van der Waals surface area contributed by atoms with Crippen molar-refractivity contribution in [2.75, 3.05) is 0 Å². The molecule has 76 valence electrons. The Bertz CT molecular complexity index is 246. The molecule has 0 heteroatoms. The molecule has 0 N–H and O–H groups in total. The lowest BCUT2D eigenvalue weighted by molar-refractivity contribution is 0.675. The van der Waals surface area contributed by atoms with Gasteiger partial charge < -0.3 is 0 Å². The van der Waals surface area contributed by atoms with Crippen molar-refractivity contribution in [3.63, 3.8) is 0 Å². The summed E-state index contributed by atoms with van der Waals surface area (Å²) in [6, 6.07) is 10.5. The molecule has 14 heavy (non-hydrogen) atoms. The van der Waals surface area contributed by atoms with Crippen molar-refractivity contribution >= 4 is 6.08 Å². The average molecular weight is 188 g/mol. The van der Waals surface area contributed by atoms with Crippen LogP contribution in [0.5, 0.6) is 0 Å². The molecule has 0 saturated carbocycles. The van der Waals surface area contributed by atoms with E-state index in [-0.39, 0.29) is 0 Å². The highest BCUT2D eigenvalue weighted by molar-refractivity contribution is 5.48. The lowest BCUT2D eigenvalue weighted by atomic mass is 10.1. The van der Waals surface area contributed by atoms with Crippen molar-refractivity contribution in [1.82, 2.24) is 0 Å². The molecule has 0 radical (unpaired) electrons. The van der Waals surface area contributed by atoms with Gasteiger partial charge in [-0.3, -0.25) is 0 Å². The maximum absolute atomic E-state index is 2.28. The van der Waals surface area contributed by atoms with E-state index in [1.165, 1.54) is 37.7 Å². The molecular weight excluding hydrogens is 168 g/mol. The molecule has 1 rings (SSSR count). The Morgan fingerprint density at radius 2 is 1.79 bits per heavy atom. The van der Waals surface area contributed by atoms with E-state index in [2.05, 4.69) is 49.4 Å². The van der Waals surface area contributed by atoms with Gasteiger partial charge in [-0.15, -0.1) is 0 Å². The summed E-state index contributed by atoms with van der Waals surface area (Å²) < 4.78 is 0. The first-order valence-electron chi connectivity index (χ1n) is 5.65. The van der Waals surface area contributed by atoms with E-state index in [9.17, 15) is 0 Å². The first-order valence-corrected chi connectivity index (χ1v) is 5.65. The standard InChI is InChI=1S/C14H20/c1-2-3-4-5-6-8-11-14-12-9-7-10-13-14/h7-13H,2-6H2,1H3/b11-8-. The number of benzene rings is 1. The highest BCUT2D eigenvalue weighted by Crippen LogP contribution is 2.06. The van der Waals surface area contributed by atoms with Gasteiger partial charge in [0, 0.05) is 0 Å². The van der Waals surface area contributed by atoms with Gasteiger partial charge in [0.25, 0.3) is 0 Å². The second kappa shape index (κ2) is 7.37. The predicted octanol–water partition coefficient (Wildman–Crippen LogP) is 4.67. The van der Waals surface area contributed by atoms with Gasteiger partial charge >= 0.3 is 0 Å². The Balaban J connectivity index is 2.15. The predicted molar refractivity (Wildman–Crippen MR) is 64.2 cm³/mol. The van der Waals surface area contributed by atoms with Crippen molar-refractivity contribution in [1.29, 1.82) is 0 Å². The zero-order valence-corrected chi connectivity index (χ0v) is 9.08. The Labute approximate surface area is 87.7 Å². The maximum Gasteiger partial charge on any atom is -0.0260 e. The van der Waals surface area contributed by atoms with Crippen LogP contribution in [0.1, 0.15) is 44.6 Å². The molecule has 0 nitrogen and oxygen atoms in total. The van der Waals surface area contributed by atoms with Crippen LogP contribution in [0.2, 0.25) is 0 Å². The van der Waals surface area contributed by atoms with Gasteiger partial charge in [0.1, 0.15) is 0 Å². The van der Waals surface area contributed by atoms with Crippen LogP contribution in [0.25, 0.3) is 6.08 Å². The van der Waals surface area contributed by atoms with Crippen molar-refractivity contribution in [3.05, 3.63) is 42.0 Å². The van der Waals surface area contributed by atoms with Crippen LogP contribution in [0.4, 0.5) is 0 Å². The van der Waals surface area contributed by atoms with E-state index >= 15 is 0 Å². The number of allylic oxidation sites excluding steroid dienone is 1. The molecular formula is C14H20. The third kappa shape index (κ3) is 4.86. The number of hydrogen-bond donors (Lipinski definition) is 0. The molecule has 0 heterocycles. The molecule has 1 aromatic carbocycles. The van der Waals surface area contributed by atoms with Crippen molar-refractivity contribution < 1.29 is 0 Å². The molecule has 0 aliphatic heterocycles. The third-order valence-corrected chi connectivity index (χ3v) is 2.33. The number of unbranched alkanes of at least 4 members (excludes halogenated alkanes) is 4. The molecule has 0 amide bonds. The molecule has 0 fully saturated rings. The van der Waals surface area contributed by atoms with Gasteiger partial charge in [-0.25, -0.2) is 0 Å². The van der Waals surface area contributed by atoms with Gasteiger partial charge in [0.15, 0.2) is 0 Å². The van der Waals surface area contributed by atoms with Crippen LogP contribution in [-0.2, 0) is 0 Å². The quantitative estimate of drug-likeness (QED) is 0.569. The first kappa shape index (κ1) is 11.0. The Hall–Kier alpha value is -1.04. The van der Waals surface area contributed by atoms with Gasteiger partial charge in [-0.05, 0) is 18.4 Å². The van der Waals surface area contributed by atoms with E-state index in [4.69, 9.17) is 0 Å². The highest BCUT2D eigenvalue weighted by atomic mass is 13.9. The van der Waals surface area contributed by atoms with E-state index in [1.807, 2.05) is 0 Å². The van der Waals surface area contributed by atoms with Gasteiger partial charge in [0.2, 0.25) is 0 Å². The van der Waals surface area contributed by atoms with Crippen LogP contribution < -0.4 is 0 Å². The zero-order chi connectivity index (χ0) is 10.1. The SMILES string of the molecule is CCCCCC/C=C\c1ccccc1. The second-order valence-electron chi connectivity index (χ2n) is 3.66. The molecule has 0 saturated heterocycles. The minimum atomic E-state index is 1.22. The number of hydrogen-bond acceptors (Lipinski definition) is 0. The molecule has 0 spiro atoms. The highest BCUT2D eigenvalue weighted by Gasteiger charge is 1.85. The van der Waals surface area contributed by atoms with Gasteiger partial charge in [0.05, 0.1) is 0 Å². The monoisotopic (exact) mass is 188 g/mol. The smallest absolute Gasteiger partial charge is 0.0260 e. The van der Waals surface area contributed by atoms with Crippen LogP contribution in [0.3, 0.4) is 0 Å². The summed E-state index contributed by atoms with van der Waals surface area (Å²) in [6.07, 6.45) is 11.1. The number of rotatable bonds is 6. The summed E-state index contributed by atoms with van der Waals surface area (Å²) in [5, 5.41) is 0. The summed E-state index contributed by atoms with van der Waals surface area (Å²) in [6.45, 7) is 2.25. The van der Waals surface area contributed by atoms with E-state index in [1.54, 1.807) is 0 Å². The Morgan fingerprint density at radius 1 is 1.00 bits per heavy atom. The fourth-order valence-corrected chi connectivity index (χ4v) is 1.47. The fourth-order valence-electron chi connectivity index (χ4n) is 1.47. The van der Waals surface area contributed by atoms with E-state index < -0.39 is 0 Å². The molecule has 0 atom stereocenters. The Kier molecular flexibility index (Phi) is 5.81. The fraction of sp³-hybridized carbons (Fsp3) is 0.429. The molecule has 0 unspecified atom stereocenters. The second-order valence-corrected chi connectivity index (χ2v) is 3.66. The van der Waals surface area contributed by atoms with Gasteiger partial charge in [-0.2, -0.15) is 0 Å². The third-order valence-electron chi connectivity index (χ3n) is 2.33. The first-order chi connectivity index (χ1) is 6.93. The summed E-state index contributed by atoms with van der Waals surface area (Å²) in [5.74, 6) is 0. The summed E-state index contributed by atoms with van der Waals surface area (Å²) in [5.41, 5.74) is 1.31. The molecule has 0 aliphatic rings. The summed E-state index contributed by atoms with van der Waals surface area (Å²) >= 11 is 0. The topological polar surface area (TPSA) is 0 Å². The molecule has 1 aromatic rings. The van der Waals surface area contributed by atoms with Gasteiger partial charge in [-0.1, -0.05) is 68.7 Å². The molecule has 0 aromatic heterocycles. The van der Waals surface area contributed by atoms with Crippen molar-refractivity contribution in [2.24, 2.45) is 0 Å². The summed E-state index contributed by atoms with van der Waals surface area (Å²) in [4.78, 5) is 0. The lowest BCUT2D eigenvalue weighted by Crippen LogP contribution is -1.74. The zero-order valence-electron chi connectivity index (χ0n) is 9.08. The van der Waals surface area contributed by atoms with Crippen LogP contribution in [-0.4, -0.2) is 0 Å². The van der Waals surface area contributed by atoms with Crippen molar-refractivity contribution in [2.45, 2.75) is 39.0 Å². The van der Waals surface area contributed by atoms with E-state index in [0.717, 1.165) is 0 Å². The van der Waals surface area contributed by atoms with Crippen LogP contribution in [0, 0.1) is 0 Å². The minimum Gasteiger partial charge on any atom is -0.0839 e. The van der Waals surface area contributed by atoms with E-state index in [0.29, 0.717) is 0 Å². The summed E-state index contributed by atoms with van der Waals surface area (Å²) in [7, 11) is 0. The molecule has 0 aliphatic carbocycles. The largest absolute Gasteiger partial charge is 0.0839 e.